The number of aliphatic imine (C=N–C) groups is 1. The maximum Gasteiger partial charge on any atom is 0.388 e. The number of thioether (sulfide) groups is 1. The quantitative estimate of drug-likeness (QED) is 0.783. The minimum Gasteiger partial charge on any atom is -0.325 e. The molecule has 2 heterocycles. The van der Waals surface area contributed by atoms with Gasteiger partial charge < -0.3 is 5.32 Å². The lowest BCUT2D eigenvalue weighted by Gasteiger charge is -2.27. The molecule has 1 aromatic rings. The van der Waals surface area contributed by atoms with Crippen molar-refractivity contribution in [2.24, 2.45) is 4.99 Å². The van der Waals surface area contributed by atoms with Gasteiger partial charge in [-0.15, -0.1) is 4.99 Å². The number of fused-ring (bicyclic) bond motifs is 1. The molecule has 0 saturated carbocycles. The van der Waals surface area contributed by atoms with Crippen molar-refractivity contribution in [1.29, 1.82) is 0 Å². The Bertz CT molecular complexity index is 869. The first-order valence-electron chi connectivity index (χ1n) is 7.71. The summed E-state index contributed by atoms with van der Waals surface area (Å²) in [5.41, 5.74) is 0.606. The maximum atomic E-state index is 12.3. The molecule has 26 heavy (non-hydrogen) atoms. The topological polar surface area (TPSA) is 85.1 Å². The molecule has 1 unspecified atom stereocenters. The van der Waals surface area contributed by atoms with Crippen LogP contribution in [0.3, 0.4) is 0 Å². The SMILES string of the molecule is CN1C(=O)C2N=C(SCC(=O)Nc3cccc(Cl)c3)[N+](C)=C2N(C)C1=O. The molecule has 2 aliphatic heterocycles. The highest BCUT2D eigenvalue weighted by Crippen LogP contribution is 2.22. The van der Waals surface area contributed by atoms with Gasteiger partial charge in [0.15, 0.2) is 0 Å². The number of benzene rings is 1. The predicted molar refractivity (Wildman–Crippen MR) is 101 cm³/mol. The maximum absolute atomic E-state index is 12.3. The van der Waals surface area contributed by atoms with E-state index in [0.29, 0.717) is 21.7 Å². The van der Waals surface area contributed by atoms with Crippen LogP contribution >= 0.6 is 23.4 Å². The summed E-state index contributed by atoms with van der Waals surface area (Å²) in [5.74, 6) is 0.00285. The molecule has 136 valence electrons. The summed E-state index contributed by atoms with van der Waals surface area (Å²) in [7, 11) is 4.74. The molecule has 1 fully saturated rings. The Labute approximate surface area is 159 Å². The third-order valence-electron chi connectivity index (χ3n) is 4.04. The number of hydrogen-bond donors (Lipinski definition) is 1. The first kappa shape index (κ1) is 18.4. The fourth-order valence-corrected chi connectivity index (χ4v) is 3.73. The molecule has 0 aromatic heterocycles. The lowest BCUT2D eigenvalue weighted by atomic mass is 10.2. The summed E-state index contributed by atoms with van der Waals surface area (Å²) in [5, 5.41) is 3.79. The first-order chi connectivity index (χ1) is 12.3. The van der Waals surface area contributed by atoms with Gasteiger partial charge in [0.25, 0.3) is 23.0 Å². The lowest BCUT2D eigenvalue weighted by Crippen LogP contribution is -2.59. The predicted octanol–water partition coefficient (Wildman–Crippen LogP) is 1.31. The Morgan fingerprint density at radius 1 is 1.35 bits per heavy atom. The number of amides is 4. The number of carbonyl (C=O) groups is 3. The van der Waals surface area contributed by atoms with E-state index < -0.39 is 12.1 Å². The molecular formula is C16H17ClN5O3S+. The number of hydrogen-bond acceptors (Lipinski definition) is 5. The number of halogens is 1. The van der Waals surface area contributed by atoms with E-state index >= 15 is 0 Å². The zero-order valence-corrected chi connectivity index (χ0v) is 16.0. The molecule has 0 spiro atoms. The van der Waals surface area contributed by atoms with E-state index in [2.05, 4.69) is 10.3 Å². The van der Waals surface area contributed by atoms with Crippen molar-refractivity contribution in [3.8, 4) is 0 Å². The van der Waals surface area contributed by atoms with E-state index in [1.807, 2.05) is 0 Å². The number of urea groups is 1. The molecule has 4 amide bonds. The molecule has 1 saturated heterocycles. The molecule has 2 aliphatic rings. The third-order valence-corrected chi connectivity index (χ3v) is 5.32. The van der Waals surface area contributed by atoms with Crippen molar-refractivity contribution in [3.05, 3.63) is 29.3 Å². The summed E-state index contributed by atoms with van der Waals surface area (Å²) in [6, 6.07) is 5.70. The van der Waals surface area contributed by atoms with Crippen LogP contribution in [0.4, 0.5) is 10.5 Å². The van der Waals surface area contributed by atoms with Crippen molar-refractivity contribution in [2.75, 3.05) is 32.2 Å². The van der Waals surface area contributed by atoms with E-state index in [-0.39, 0.29) is 17.6 Å². The standard InChI is InChI=1S/C16H16ClN5O3S/c1-20-13-12(14(24)22(3)16(25)21(13)2)19-15(20)26-8-11(23)18-10-6-4-5-9(17)7-10/h4-7,12H,8H2,1-3H3/p+1. The Morgan fingerprint density at radius 3 is 2.77 bits per heavy atom. The summed E-state index contributed by atoms with van der Waals surface area (Å²) in [6.07, 6.45) is 0. The Hall–Kier alpha value is -2.39. The van der Waals surface area contributed by atoms with Crippen LogP contribution in [0.2, 0.25) is 5.02 Å². The molecule has 0 radical (unpaired) electrons. The Kier molecular flexibility index (Phi) is 5.01. The van der Waals surface area contributed by atoms with Crippen LogP contribution < -0.4 is 5.32 Å². The molecule has 1 aromatic carbocycles. The minimum atomic E-state index is -0.758. The van der Waals surface area contributed by atoms with E-state index in [9.17, 15) is 14.4 Å². The number of anilines is 1. The van der Waals surface area contributed by atoms with Gasteiger partial charge in [0.1, 0.15) is 0 Å². The van der Waals surface area contributed by atoms with Gasteiger partial charge in [-0.1, -0.05) is 17.7 Å². The summed E-state index contributed by atoms with van der Waals surface area (Å²) in [6.45, 7) is 0. The van der Waals surface area contributed by atoms with E-state index in [4.69, 9.17) is 11.6 Å². The summed E-state index contributed by atoms with van der Waals surface area (Å²) < 4.78 is 1.67. The minimum absolute atomic E-state index is 0.109. The molecule has 1 atom stereocenters. The smallest absolute Gasteiger partial charge is 0.325 e. The number of rotatable bonds is 3. The van der Waals surface area contributed by atoms with Gasteiger partial charge in [-0.3, -0.25) is 14.5 Å². The van der Waals surface area contributed by atoms with Gasteiger partial charge in [-0.25, -0.2) is 14.3 Å². The van der Waals surface area contributed by atoms with Crippen molar-refractivity contribution < 1.29 is 19.0 Å². The van der Waals surface area contributed by atoms with E-state index in [1.165, 1.54) is 23.7 Å². The normalized spacial score (nSPS) is 19.7. The number of nitrogens with one attached hydrogen (secondary N) is 1. The van der Waals surface area contributed by atoms with E-state index in [0.717, 1.165) is 4.90 Å². The molecule has 1 N–H and O–H groups in total. The Morgan fingerprint density at radius 2 is 2.08 bits per heavy atom. The second-order valence-electron chi connectivity index (χ2n) is 5.82. The zero-order valence-electron chi connectivity index (χ0n) is 14.4. The van der Waals surface area contributed by atoms with Gasteiger partial charge >= 0.3 is 6.03 Å². The number of imide groups is 1. The molecule has 0 bridgehead atoms. The molecule has 0 aliphatic carbocycles. The number of carbonyl (C=O) groups excluding carboxylic acids is 3. The lowest BCUT2D eigenvalue weighted by molar-refractivity contribution is -0.367. The van der Waals surface area contributed by atoms with Crippen LogP contribution in [-0.2, 0) is 9.59 Å². The number of nitrogens with zero attached hydrogens (tertiary/aromatic N) is 4. The third kappa shape index (κ3) is 3.32. The van der Waals surface area contributed by atoms with Gasteiger partial charge in [-0.05, 0) is 30.0 Å². The average Bonchev–Trinajstić information content (AvgIpc) is 2.93. The van der Waals surface area contributed by atoms with Crippen LogP contribution in [0.25, 0.3) is 0 Å². The van der Waals surface area contributed by atoms with Gasteiger partial charge in [0.2, 0.25) is 5.91 Å². The van der Waals surface area contributed by atoms with Crippen molar-refractivity contribution in [3.63, 3.8) is 0 Å². The zero-order chi connectivity index (χ0) is 19.0. The molecule has 3 rings (SSSR count). The highest BCUT2D eigenvalue weighted by molar-refractivity contribution is 8.14. The highest BCUT2D eigenvalue weighted by atomic mass is 35.5. The van der Waals surface area contributed by atoms with E-state index in [1.54, 1.807) is 42.9 Å². The fourth-order valence-electron chi connectivity index (χ4n) is 2.74. The monoisotopic (exact) mass is 394 g/mol. The van der Waals surface area contributed by atoms with Crippen LogP contribution in [0.5, 0.6) is 0 Å². The first-order valence-corrected chi connectivity index (χ1v) is 9.08. The van der Waals surface area contributed by atoms with Gasteiger partial charge in [0.05, 0.1) is 19.8 Å². The highest BCUT2D eigenvalue weighted by Gasteiger charge is 2.51. The number of likely N-dealkylation sites (N-methyl/N-ethyl adjacent to an activating group) is 2. The van der Waals surface area contributed by atoms with Crippen LogP contribution in [0, 0.1) is 0 Å². The molecule has 8 nitrogen and oxygen atoms in total. The van der Waals surface area contributed by atoms with Crippen LogP contribution in [0.15, 0.2) is 29.3 Å². The average molecular weight is 395 g/mol. The van der Waals surface area contributed by atoms with Crippen LogP contribution in [0.1, 0.15) is 0 Å². The summed E-state index contributed by atoms with van der Waals surface area (Å²) in [4.78, 5) is 43.3. The summed E-state index contributed by atoms with van der Waals surface area (Å²) >= 11 is 7.09. The molecular weight excluding hydrogens is 378 g/mol. The second kappa shape index (κ2) is 7.08. The largest absolute Gasteiger partial charge is 0.388 e. The van der Waals surface area contributed by atoms with Crippen molar-refractivity contribution in [1.82, 2.24) is 9.80 Å². The van der Waals surface area contributed by atoms with Crippen molar-refractivity contribution in [2.45, 2.75) is 6.04 Å². The van der Waals surface area contributed by atoms with Crippen LogP contribution in [-0.4, -0.2) is 76.2 Å². The number of amidine groups is 2. The second-order valence-corrected chi connectivity index (χ2v) is 7.20. The van der Waals surface area contributed by atoms with Gasteiger partial charge in [-0.2, -0.15) is 0 Å². The van der Waals surface area contributed by atoms with Gasteiger partial charge in [0, 0.05) is 17.8 Å². The Balaban J connectivity index is 1.69. The van der Waals surface area contributed by atoms with Crippen molar-refractivity contribution >= 4 is 57.9 Å². The molecule has 10 heteroatoms. The fraction of sp³-hybridized carbons (Fsp3) is 0.312.